The number of hydrogen-bond acceptors (Lipinski definition) is 5. The molecule has 5 nitrogen and oxygen atoms in total. The Morgan fingerprint density at radius 1 is 1.38 bits per heavy atom. The van der Waals surface area contributed by atoms with Gasteiger partial charge in [-0.2, -0.15) is 0 Å². The highest BCUT2D eigenvalue weighted by Gasteiger charge is 2.18. The summed E-state index contributed by atoms with van der Waals surface area (Å²) in [5.74, 6) is 0.719. The first-order chi connectivity index (χ1) is 10.2. The third-order valence-corrected chi connectivity index (χ3v) is 3.82. The van der Waals surface area contributed by atoms with Crippen molar-refractivity contribution in [2.24, 2.45) is 5.73 Å². The van der Waals surface area contributed by atoms with Crippen LogP contribution in [0.3, 0.4) is 0 Å². The molecule has 1 saturated heterocycles. The molecule has 116 valence electrons. The van der Waals surface area contributed by atoms with Crippen LogP contribution < -0.4 is 10.6 Å². The minimum atomic E-state index is -0.194. The van der Waals surface area contributed by atoms with Crippen LogP contribution >= 0.6 is 0 Å². The lowest BCUT2D eigenvalue weighted by atomic mass is 10.1. The van der Waals surface area contributed by atoms with E-state index in [0.717, 1.165) is 50.3 Å². The second-order valence-electron chi connectivity index (χ2n) is 5.43. The third-order valence-electron chi connectivity index (χ3n) is 3.82. The van der Waals surface area contributed by atoms with E-state index in [1.54, 1.807) is 0 Å². The number of rotatable bonds is 6. The number of anilines is 1. The molecule has 3 N–H and O–H groups in total. The Hall–Kier alpha value is -1.53. The maximum atomic E-state index is 12.4. The largest absolute Gasteiger partial charge is 0.393 e. The summed E-state index contributed by atoms with van der Waals surface area (Å²) in [6, 6.07) is 0. The molecule has 1 aromatic rings. The molecule has 0 unspecified atom stereocenters. The summed E-state index contributed by atoms with van der Waals surface area (Å²) in [5.41, 5.74) is 7.10. The molecule has 1 aliphatic heterocycles. The molecule has 0 atom stereocenters. The third kappa shape index (κ3) is 4.75. The molecule has 1 aliphatic rings. The van der Waals surface area contributed by atoms with Gasteiger partial charge in [0.25, 0.3) is 0 Å². The van der Waals surface area contributed by atoms with Crippen molar-refractivity contribution in [3.8, 4) is 0 Å². The zero-order chi connectivity index (χ0) is 15.1. The van der Waals surface area contributed by atoms with E-state index in [4.69, 9.17) is 5.73 Å². The highest BCUT2D eigenvalue weighted by Crippen LogP contribution is 2.16. The van der Waals surface area contributed by atoms with Crippen LogP contribution in [0.1, 0.15) is 31.2 Å². The molecule has 0 amide bonds. The van der Waals surface area contributed by atoms with Crippen molar-refractivity contribution >= 4 is 5.95 Å². The summed E-state index contributed by atoms with van der Waals surface area (Å²) in [6.45, 7) is 1.86. The van der Waals surface area contributed by atoms with Crippen molar-refractivity contribution in [1.82, 2.24) is 9.97 Å². The van der Waals surface area contributed by atoms with Gasteiger partial charge in [-0.05, 0) is 43.2 Å². The normalized spacial score (nSPS) is 17.3. The molecule has 6 heteroatoms. The van der Waals surface area contributed by atoms with Crippen LogP contribution in [0.25, 0.3) is 0 Å². The van der Waals surface area contributed by atoms with Crippen molar-refractivity contribution in [1.29, 1.82) is 0 Å². The van der Waals surface area contributed by atoms with E-state index in [-0.39, 0.29) is 12.6 Å². The smallest absolute Gasteiger partial charge is 0.225 e. The van der Waals surface area contributed by atoms with Gasteiger partial charge in [0.05, 0.1) is 12.4 Å². The molecule has 0 saturated carbocycles. The molecule has 2 heterocycles. The van der Waals surface area contributed by atoms with Crippen LogP contribution in [-0.2, 0) is 6.42 Å². The Kier molecular flexibility index (Phi) is 6.07. The Morgan fingerprint density at radius 2 is 2.05 bits per heavy atom. The number of halogens is 1. The minimum absolute atomic E-state index is 0.194. The van der Waals surface area contributed by atoms with Crippen molar-refractivity contribution in [2.45, 2.75) is 38.2 Å². The monoisotopic (exact) mass is 294 g/mol. The van der Waals surface area contributed by atoms with E-state index in [1.807, 2.05) is 12.4 Å². The van der Waals surface area contributed by atoms with Crippen LogP contribution in [0.4, 0.5) is 10.3 Å². The summed E-state index contributed by atoms with van der Waals surface area (Å²) >= 11 is 0. The van der Waals surface area contributed by atoms with Crippen molar-refractivity contribution in [3.05, 3.63) is 29.9 Å². The zero-order valence-corrected chi connectivity index (χ0v) is 12.2. The summed E-state index contributed by atoms with van der Waals surface area (Å²) < 4.78 is 12.4. The number of nitrogens with two attached hydrogens (primary N) is 1. The number of aromatic nitrogens is 2. The van der Waals surface area contributed by atoms with E-state index in [1.165, 1.54) is 0 Å². The molecular weight excluding hydrogens is 271 g/mol. The topological polar surface area (TPSA) is 75.3 Å². The second-order valence-corrected chi connectivity index (χ2v) is 5.43. The SMILES string of the molecule is NC/C(=C\F)CCCc1cnc(N2CCC(O)CC2)nc1. The highest BCUT2D eigenvalue weighted by atomic mass is 19.1. The lowest BCUT2D eigenvalue weighted by Crippen LogP contribution is -2.36. The van der Waals surface area contributed by atoms with Crippen molar-refractivity contribution in [2.75, 3.05) is 24.5 Å². The average molecular weight is 294 g/mol. The quantitative estimate of drug-likeness (QED) is 0.833. The maximum Gasteiger partial charge on any atom is 0.225 e. The molecule has 1 fully saturated rings. The second kappa shape index (κ2) is 8.05. The number of nitrogens with zero attached hydrogens (tertiary/aromatic N) is 3. The first-order valence-electron chi connectivity index (χ1n) is 7.45. The van der Waals surface area contributed by atoms with E-state index in [0.29, 0.717) is 18.3 Å². The average Bonchev–Trinajstić information content (AvgIpc) is 2.53. The van der Waals surface area contributed by atoms with Gasteiger partial charge in [0.2, 0.25) is 5.95 Å². The van der Waals surface area contributed by atoms with Gasteiger partial charge in [0.15, 0.2) is 0 Å². The lowest BCUT2D eigenvalue weighted by molar-refractivity contribution is 0.145. The number of aliphatic hydroxyl groups is 1. The molecule has 21 heavy (non-hydrogen) atoms. The fraction of sp³-hybridized carbons (Fsp3) is 0.600. The zero-order valence-electron chi connectivity index (χ0n) is 12.2. The Labute approximate surface area is 124 Å². The first kappa shape index (κ1) is 15.9. The van der Waals surface area contributed by atoms with Gasteiger partial charge in [-0.3, -0.25) is 0 Å². The van der Waals surface area contributed by atoms with Gasteiger partial charge in [0, 0.05) is 32.0 Å². The summed E-state index contributed by atoms with van der Waals surface area (Å²) in [5, 5.41) is 9.49. The molecule has 1 aromatic heterocycles. The van der Waals surface area contributed by atoms with Gasteiger partial charge in [-0.1, -0.05) is 0 Å². The van der Waals surface area contributed by atoms with E-state index >= 15 is 0 Å². The van der Waals surface area contributed by atoms with Gasteiger partial charge in [0.1, 0.15) is 0 Å². The minimum Gasteiger partial charge on any atom is -0.393 e. The molecular formula is C15H23FN4O. The number of hydrogen-bond donors (Lipinski definition) is 2. The fourth-order valence-electron chi connectivity index (χ4n) is 2.43. The highest BCUT2D eigenvalue weighted by molar-refractivity contribution is 5.30. The van der Waals surface area contributed by atoms with Crippen LogP contribution in [0.2, 0.25) is 0 Å². The van der Waals surface area contributed by atoms with E-state index in [2.05, 4.69) is 14.9 Å². The summed E-state index contributed by atoms with van der Waals surface area (Å²) in [4.78, 5) is 10.9. The van der Waals surface area contributed by atoms with Gasteiger partial charge >= 0.3 is 0 Å². The Morgan fingerprint density at radius 3 is 2.62 bits per heavy atom. The first-order valence-corrected chi connectivity index (χ1v) is 7.45. The maximum absolute atomic E-state index is 12.4. The summed E-state index contributed by atoms with van der Waals surface area (Å²) in [6.07, 6.45) is 7.92. The van der Waals surface area contributed by atoms with Crippen molar-refractivity contribution < 1.29 is 9.50 Å². The predicted octanol–water partition coefficient (Wildman–Crippen LogP) is 1.57. The van der Waals surface area contributed by atoms with Gasteiger partial charge < -0.3 is 15.7 Å². The van der Waals surface area contributed by atoms with Crippen LogP contribution in [0.15, 0.2) is 24.3 Å². The molecule has 0 bridgehead atoms. The fourth-order valence-corrected chi connectivity index (χ4v) is 2.43. The predicted molar refractivity (Wildman–Crippen MR) is 80.7 cm³/mol. The Bertz CT molecular complexity index is 455. The number of piperidine rings is 1. The van der Waals surface area contributed by atoms with Crippen LogP contribution in [0.5, 0.6) is 0 Å². The van der Waals surface area contributed by atoms with Gasteiger partial charge in [-0.25, -0.2) is 14.4 Å². The molecule has 0 radical (unpaired) electrons. The molecule has 0 aliphatic carbocycles. The van der Waals surface area contributed by atoms with E-state index in [9.17, 15) is 9.50 Å². The van der Waals surface area contributed by atoms with Gasteiger partial charge in [-0.15, -0.1) is 0 Å². The number of aliphatic hydroxyl groups excluding tert-OH is 1. The summed E-state index contributed by atoms with van der Waals surface area (Å²) in [7, 11) is 0. The van der Waals surface area contributed by atoms with E-state index < -0.39 is 0 Å². The lowest BCUT2D eigenvalue weighted by Gasteiger charge is -2.29. The molecule has 0 aromatic carbocycles. The van der Waals surface area contributed by atoms with Crippen molar-refractivity contribution in [3.63, 3.8) is 0 Å². The number of aryl methyl sites for hydroxylation is 1. The standard InChI is InChI=1S/C15H23FN4O/c16-8-12(9-17)2-1-3-13-10-18-15(19-11-13)20-6-4-14(21)5-7-20/h8,10-11,14,21H,1-7,9,17H2/b12-8-. The molecule has 0 spiro atoms. The van der Waals surface area contributed by atoms with Crippen LogP contribution in [0, 0.1) is 0 Å². The molecule has 2 rings (SSSR count). The van der Waals surface area contributed by atoms with Crippen LogP contribution in [-0.4, -0.2) is 40.8 Å². The Balaban J connectivity index is 1.82.